The summed E-state index contributed by atoms with van der Waals surface area (Å²) in [4.78, 5) is 24.5. The van der Waals surface area contributed by atoms with E-state index in [1.54, 1.807) is 4.90 Å². The number of carbonyl (C=O) groups is 2. The molecule has 2 rings (SSSR count). The van der Waals surface area contributed by atoms with E-state index >= 15 is 0 Å². The molecule has 3 amide bonds. The Bertz CT molecular complexity index is 495. The van der Waals surface area contributed by atoms with Gasteiger partial charge in [0.2, 0.25) is 5.91 Å². The number of aryl methyl sites for hydroxylation is 1. The number of nitrogens with zero attached hydrogens (tertiary/aromatic N) is 1. The van der Waals surface area contributed by atoms with Crippen LogP contribution < -0.4 is 10.2 Å². The molecule has 18 heavy (non-hydrogen) atoms. The van der Waals surface area contributed by atoms with E-state index in [0.717, 1.165) is 11.3 Å². The highest BCUT2D eigenvalue weighted by Gasteiger charge is 2.25. The SMILES string of the molecule is Cc1cc(C(C)C)ccc1N1CCC(=O)NC1=O. The normalized spacial score (nSPS) is 16.1. The van der Waals surface area contributed by atoms with Gasteiger partial charge in [-0.3, -0.25) is 15.0 Å². The molecule has 1 aromatic carbocycles. The molecule has 0 bridgehead atoms. The maximum Gasteiger partial charge on any atom is 0.328 e. The second-order valence-electron chi connectivity index (χ2n) is 4.96. The standard InChI is InChI=1S/C14H18N2O2/c1-9(2)11-4-5-12(10(3)8-11)16-7-6-13(17)15-14(16)18/h4-5,8-9H,6-7H2,1-3H3,(H,15,17,18). The zero-order chi connectivity index (χ0) is 13.3. The fourth-order valence-corrected chi connectivity index (χ4v) is 2.13. The van der Waals surface area contributed by atoms with Crippen LogP contribution in [0.15, 0.2) is 18.2 Å². The lowest BCUT2D eigenvalue weighted by atomic mass is 10.00. The van der Waals surface area contributed by atoms with E-state index in [2.05, 4.69) is 25.2 Å². The molecular weight excluding hydrogens is 228 g/mol. The molecule has 1 aromatic rings. The van der Waals surface area contributed by atoms with Crippen molar-refractivity contribution >= 4 is 17.6 Å². The quantitative estimate of drug-likeness (QED) is 0.871. The van der Waals surface area contributed by atoms with Gasteiger partial charge in [-0.15, -0.1) is 0 Å². The molecule has 0 spiro atoms. The third kappa shape index (κ3) is 2.37. The Balaban J connectivity index is 2.28. The first-order chi connectivity index (χ1) is 8.49. The van der Waals surface area contributed by atoms with Gasteiger partial charge in [0.25, 0.3) is 0 Å². The molecule has 96 valence electrons. The van der Waals surface area contributed by atoms with Crippen LogP contribution in [0.2, 0.25) is 0 Å². The van der Waals surface area contributed by atoms with E-state index in [1.165, 1.54) is 5.56 Å². The first-order valence-electron chi connectivity index (χ1n) is 6.21. The second-order valence-corrected chi connectivity index (χ2v) is 4.96. The summed E-state index contributed by atoms with van der Waals surface area (Å²) in [5, 5.41) is 2.34. The molecule has 0 saturated carbocycles. The van der Waals surface area contributed by atoms with E-state index < -0.39 is 0 Å². The van der Waals surface area contributed by atoms with E-state index in [9.17, 15) is 9.59 Å². The molecule has 4 nitrogen and oxygen atoms in total. The molecule has 1 aliphatic rings. The van der Waals surface area contributed by atoms with E-state index in [1.807, 2.05) is 19.1 Å². The van der Waals surface area contributed by atoms with Crippen LogP contribution in [0.5, 0.6) is 0 Å². The van der Waals surface area contributed by atoms with Crippen molar-refractivity contribution < 1.29 is 9.59 Å². The number of nitrogens with one attached hydrogen (secondary N) is 1. The van der Waals surface area contributed by atoms with E-state index in [-0.39, 0.29) is 11.9 Å². The molecule has 0 aromatic heterocycles. The van der Waals surface area contributed by atoms with Gasteiger partial charge in [0, 0.05) is 18.7 Å². The summed E-state index contributed by atoms with van der Waals surface area (Å²) in [5.74, 6) is 0.266. The fourth-order valence-electron chi connectivity index (χ4n) is 2.13. The molecular formula is C14H18N2O2. The highest BCUT2D eigenvalue weighted by molar-refractivity contribution is 6.05. The average molecular weight is 246 g/mol. The van der Waals surface area contributed by atoms with Crippen molar-refractivity contribution in [3.63, 3.8) is 0 Å². The van der Waals surface area contributed by atoms with Gasteiger partial charge >= 0.3 is 6.03 Å². The van der Waals surface area contributed by atoms with Crippen molar-refractivity contribution in [2.75, 3.05) is 11.4 Å². The lowest BCUT2D eigenvalue weighted by Crippen LogP contribution is -2.49. The molecule has 4 heteroatoms. The summed E-state index contributed by atoms with van der Waals surface area (Å²) >= 11 is 0. The highest BCUT2D eigenvalue weighted by atomic mass is 16.2. The minimum absolute atomic E-state index is 0.201. The van der Waals surface area contributed by atoms with Gasteiger partial charge in [-0.2, -0.15) is 0 Å². The van der Waals surface area contributed by atoms with Crippen LogP contribution in [-0.4, -0.2) is 18.5 Å². The number of amides is 3. The van der Waals surface area contributed by atoms with E-state index in [4.69, 9.17) is 0 Å². The van der Waals surface area contributed by atoms with Gasteiger partial charge in [0.1, 0.15) is 0 Å². The smallest absolute Gasteiger partial charge is 0.293 e. The monoisotopic (exact) mass is 246 g/mol. The van der Waals surface area contributed by atoms with Crippen molar-refractivity contribution in [1.29, 1.82) is 0 Å². The summed E-state index contributed by atoms with van der Waals surface area (Å²) in [6.07, 6.45) is 0.358. The van der Waals surface area contributed by atoms with Gasteiger partial charge in [0.15, 0.2) is 0 Å². The molecule has 1 saturated heterocycles. The number of anilines is 1. The van der Waals surface area contributed by atoms with Crippen LogP contribution in [0, 0.1) is 6.92 Å². The number of imide groups is 1. The zero-order valence-corrected chi connectivity index (χ0v) is 11.0. The Labute approximate surface area is 107 Å². The van der Waals surface area contributed by atoms with Crippen LogP contribution in [0.25, 0.3) is 0 Å². The lowest BCUT2D eigenvalue weighted by Gasteiger charge is -2.28. The Morgan fingerprint density at radius 2 is 2.00 bits per heavy atom. The van der Waals surface area contributed by atoms with Gasteiger partial charge in [-0.1, -0.05) is 26.0 Å². The van der Waals surface area contributed by atoms with Crippen LogP contribution in [0.1, 0.15) is 37.3 Å². The van der Waals surface area contributed by atoms with Crippen molar-refractivity contribution in [2.24, 2.45) is 0 Å². The number of urea groups is 1. The molecule has 0 unspecified atom stereocenters. The van der Waals surface area contributed by atoms with Crippen molar-refractivity contribution in [3.8, 4) is 0 Å². The van der Waals surface area contributed by atoms with Crippen molar-refractivity contribution in [1.82, 2.24) is 5.32 Å². The van der Waals surface area contributed by atoms with Gasteiger partial charge in [-0.05, 0) is 30.0 Å². The Morgan fingerprint density at radius 3 is 2.56 bits per heavy atom. The first kappa shape index (κ1) is 12.6. The second kappa shape index (κ2) is 4.80. The number of rotatable bonds is 2. The topological polar surface area (TPSA) is 49.4 Å². The summed E-state index contributed by atoms with van der Waals surface area (Å²) < 4.78 is 0. The predicted octanol–water partition coefficient (Wildman–Crippen LogP) is 2.56. The van der Waals surface area contributed by atoms with E-state index in [0.29, 0.717) is 18.9 Å². The number of hydrogen-bond acceptors (Lipinski definition) is 2. The maximum atomic E-state index is 11.8. The first-order valence-corrected chi connectivity index (χ1v) is 6.21. The summed E-state index contributed by atoms with van der Waals surface area (Å²) in [7, 11) is 0. The van der Waals surface area contributed by atoms with Crippen LogP contribution in [0.3, 0.4) is 0 Å². The molecule has 0 atom stereocenters. The molecule has 1 fully saturated rings. The van der Waals surface area contributed by atoms with Crippen molar-refractivity contribution in [3.05, 3.63) is 29.3 Å². The minimum atomic E-state index is -0.327. The fraction of sp³-hybridized carbons (Fsp3) is 0.429. The number of hydrogen-bond donors (Lipinski definition) is 1. The Kier molecular flexibility index (Phi) is 3.36. The third-order valence-corrected chi connectivity index (χ3v) is 3.23. The van der Waals surface area contributed by atoms with Gasteiger partial charge < -0.3 is 0 Å². The highest BCUT2D eigenvalue weighted by Crippen LogP contribution is 2.26. The van der Waals surface area contributed by atoms with Gasteiger partial charge in [0.05, 0.1) is 0 Å². The molecule has 1 aliphatic heterocycles. The maximum absolute atomic E-state index is 11.8. The number of carbonyl (C=O) groups excluding carboxylic acids is 2. The largest absolute Gasteiger partial charge is 0.328 e. The van der Waals surface area contributed by atoms with Crippen LogP contribution in [0.4, 0.5) is 10.5 Å². The van der Waals surface area contributed by atoms with Gasteiger partial charge in [-0.25, -0.2) is 4.79 Å². The summed E-state index contributed by atoms with van der Waals surface area (Å²) in [5.41, 5.74) is 3.19. The van der Waals surface area contributed by atoms with Crippen molar-refractivity contribution in [2.45, 2.75) is 33.1 Å². The molecule has 0 aliphatic carbocycles. The van der Waals surface area contributed by atoms with Crippen LogP contribution in [-0.2, 0) is 4.79 Å². The molecule has 1 heterocycles. The summed E-state index contributed by atoms with van der Waals surface area (Å²) in [6, 6.07) is 5.77. The third-order valence-electron chi connectivity index (χ3n) is 3.23. The minimum Gasteiger partial charge on any atom is -0.293 e. The number of benzene rings is 1. The summed E-state index contributed by atoms with van der Waals surface area (Å²) in [6.45, 7) is 6.72. The lowest BCUT2D eigenvalue weighted by molar-refractivity contribution is -0.120. The molecule has 1 N–H and O–H groups in total. The van der Waals surface area contributed by atoms with Crippen LogP contribution >= 0.6 is 0 Å². The Hall–Kier alpha value is -1.84. The zero-order valence-electron chi connectivity index (χ0n) is 11.0. The Morgan fingerprint density at radius 1 is 1.28 bits per heavy atom. The average Bonchev–Trinajstić information content (AvgIpc) is 2.30. The predicted molar refractivity (Wildman–Crippen MR) is 70.8 cm³/mol. The molecule has 0 radical (unpaired) electrons.